The lowest BCUT2D eigenvalue weighted by Gasteiger charge is -2.35. The first-order valence-corrected chi connectivity index (χ1v) is 8.78. The van der Waals surface area contributed by atoms with Gasteiger partial charge in [0.2, 0.25) is 5.95 Å². The summed E-state index contributed by atoms with van der Waals surface area (Å²) in [6.07, 6.45) is 4.52. The van der Waals surface area contributed by atoms with Gasteiger partial charge in [0.1, 0.15) is 0 Å². The first kappa shape index (κ1) is 16.1. The molecule has 8 nitrogen and oxygen atoms in total. The molecule has 2 aromatic rings. The van der Waals surface area contributed by atoms with E-state index in [1.165, 1.54) is 0 Å². The first-order chi connectivity index (χ1) is 12.0. The highest BCUT2D eigenvalue weighted by Gasteiger charge is 2.32. The lowest BCUT2D eigenvalue weighted by molar-refractivity contribution is -0.00702. The molecule has 134 valence electrons. The van der Waals surface area contributed by atoms with E-state index in [0.29, 0.717) is 18.8 Å². The van der Waals surface area contributed by atoms with Crippen LogP contribution in [0.5, 0.6) is 0 Å². The smallest absolute Gasteiger partial charge is 0.274 e. The molecule has 1 amide bonds. The van der Waals surface area contributed by atoms with E-state index in [-0.39, 0.29) is 18.1 Å². The molecule has 0 bridgehead atoms. The van der Waals surface area contributed by atoms with E-state index in [1.54, 1.807) is 6.20 Å². The van der Waals surface area contributed by atoms with Gasteiger partial charge < -0.3 is 19.1 Å². The predicted octanol–water partition coefficient (Wildman–Crippen LogP) is 1.13. The van der Waals surface area contributed by atoms with E-state index in [2.05, 4.69) is 20.1 Å². The number of hydrogen-bond acceptors (Lipinski definition) is 5. The van der Waals surface area contributed by atoms with Gasteiger partial charge in [0.05, 0.1) is 17.9 Å². The molecule has 0 saturated carbocycles. The van der Waals surface area contributed by atoms with Crippen LogP contribution in [0.1, 0.15) is 41.7 Å². The minimum atomic E-state index is -0.0481. The van der Waals surface area contributed by atoms with Crippen molar-refractivity contribution in [3.63, 3.8) is 0 Å². The Morgan fingerprint density at radius 1 is 1.28 bits per heavy atom. The third kappa shape index (κ3) is 2.80. The van der Waals surface area contributed by atoms with Crippen molar-refractivity contribution in [1.29, 1.82) is 0 Å². The number of amides is 1. The van der Waals surface area contributed by atoms with Crippen molar-refractivity contribution in [2.75, 3.05) is 31.1 Å². The van der Waals surface area contributed by atoms with Crippen molar-refractivity contribution in [2.24, 2.45) is 7.05 Å². The van der Waals surface area contributed by atoms with Crippen LogP contribution in [-0.2, 0) is 18.2 Å². The third-order valence-electron chi connectivity index (χ3n) is 5.08. The second kappa shape index (κ2) is 6.18. The number of aromatic nitrogens is 4. The molecule has 8 heteroatoms. The average molecular weight is 344 g/mol. The first-order valence-electron chi connectivity index (χ1n) is 8.78. The summed E-state index contributed by atoms with van der Waals surface area (Å²) in [5, 5.41) is 7.32. The predicted molar refractivity (Wildman–Crippen MR) is 92.6 cm³/mol. The molecule has 2 aromatic heterocycles. The van der Waals surface area contributed by atoms with Gasteiger partial charge in [-0.25, -0.2) is 4.98 Å². The van der Waals surface area contributed by atoms with Crippen molar-refractivity contribution in [3.8, 4) is 0 Å². The number of aromatic amines is 1. The molecule has 2 atom stereocenters. The summed E-state index contributed by atoms with van der Waals surface area (Å²) in [4.78, 5) is 21.5. The van der Waals surface area contributed by atoms with E-state index in [4.69, 9.17) is 4.74 Å². The van der Waals surface area contributed by atoms with Gasteiger partial charge in [-0.15, -0.1) is 0 Å². The molecule has 4 rings (SSSR count). The SMILES string of the molecule is C[C@@H]1Cc2c(C(=O)N3CCN(c4nccn4C)CC3)n[nH]c2[C@H](C)O1. The standard InChI is InChI=1S/C17H24N6O2/c1-11-10-13-14(12(2)25-11)19-20-15(13)16(24)22-6-8-23(9-7-22)17-18-4-5-21(17)3/h4-5,11-12H,6-10H2,1-3H3,(H,19,20)/t11-,12+/m1/s1. The number of nitrogens with zero attached hydrogens (tertiary/aromatic N) is 5. The number of carbonyl (C=O) groups excluding carboxylic acids is 1. The van der Waals surface area contributed by atoms with Crippen molar-refractivity contribution in [1.82, 2.24) is 24.6 Å². The molecule has 1 fully saturated rings. The van der Waals surface area contributed by atoms with E-state index < -0.39 is 0 Å². The van der Waals surface area contributed by atoms with Crippen LogP contribution in [0.4, 0.5) is 5.95 Å². The van der Waals surface area contributed by atoms with Crippen LogP contribution in [0.15, 0.2) is 12.4 Å². The number of hydrogen-bond donors (Lipinski definition) is 1. The second-order valence-corrected chi connectivity index (χ2v) is 6.87. The van der Waals surface area contributed by atoms with Gasteiger partial charge in [-0.2, -0.15) is 5.10 Å². The van der Waals surface area contributed by atoms with Crippen molar-refractivity contribution >= 4 is 11.9 Å². The quantitative estimate of drug-likeness (QED) is 0.883. The van der Waals surface area contributed by atoms with Crippen molar-refractivity contribution < 1.29 is 9.53 Å². The Morgan fingerprint density at radius 2 is 2.04 bits per heavy atom. The largest absolute Gasteiger partial charge is 0.369 e. The van der Waals surface area contributed by atoms with Gasteiger partial charge in [0.25, 0.3) is 5.91 Å². The number of piperazine rings is 1. The fourth-order valence-corrected chi connectivity index (χ4v) is 3.77. The Morgan fingerprint density at radius 3 is 2.72 bits per heavy atom. The molecular weight excluding hydrogens is 320 g/mol. The van der Waals surface area contributed by atoms with Gasteiger partial charge in [0.15, 0.2) is 5.69 Å². The lowest BCUT2D eigenvalue weighted by atomic mass is 9.99. The summed E-state index contributed by atoms with van der Waals surface area (Å²) in [5.74, 6) is 0.960. The monoisotopic (exact) mass is 344 g/mol. The molecule has 0 radical (unpaired) electrons. The Labute approximate surface area is 146 Å². The Kier molecular flexibility index (Phi) is 3.99. The van der Waals surface area contributed by atoms with Gasteiger partial charge in [-0.3, -0.25) is 9.89 Å². The summed E-state index contributed by atoms with van der Waals surface area (Å²) in [5.41, 5.74) is 2.51. The van der Waals surface area contributed by atoms with E-state index in [1.807, 2.05) is 36.6 Å². The molecule has 4 heterocycles. The molecule has 2 aliphatic rings. The zero-order valence-electron chi connectivity index (χ0n) is 14.9. The molecule has 25 heavy (non-hydrogen) atoms. The molecule has 0 aromatic carbocycles. The summed E-state index contributed by atoms with van der Waals surface area (Å²) in [6, 6.07) is 0. The number of H-pyrrole nitrogens is 1. The number of rotatable bonds is 2. The maximum absolute atomic E-state index is 13.0. The molecular formula is C17H24N6O2. The minimum Gasteiger partial charge on any atom is -0.369 e. The maximum atomic E-state index is 13.0. The fraction of sp³-hybridized carbons (Fsp3) is 0.588. The fourth-order valence-electron chi connectivity index (χ4n) is 3.77. The van der Waals surface area contributed by atoms with Crippen LogP contribution in [0.3, 0.4) is 0 Å². The molecule has 1 N–H and O–H groups in total. The number of imidazole rings is 1. The van der Waals surface area contributed by atoms with Gasteiger partial charge >= 0.3 is 0 Å². The van der Waals surface area contributed by atoms with Gasteiger partial charge in [-0.05, 0) is 13.8 Å². The topological polar surface area (TPSA) is 79.3 Å². The van der Waals surface area contributed by atoms with Crippen LogP contribution < -0.4 is 4.90 Å². The van der Waals surface area contributed by atoms with Gasteiger partial charge in [-0.1, -0.05) is 0 Å². The normalized spacial score (nSPS) is 23.6. The summed E-state index contributed by atoms with van der Waals surface area (Å²) in [6.45, 7) is 6.93. The average Bonchev–Trinajstić information content (AvgIpc) is 3.21. The Hall–Kier alpha value is -2.35. The van der Waals surface area contributed by atoms with E-state index >= 15 is 0 Å². The number of aryl methyl sites for hydroxylation is 1. The number of ether oxygens (including phenoxy) is 1. The van der Waals surface area contributed by atoms with Crippen LogP contribution in [0, 0.1) is 0 Å². The minimum absolute atomic E-state index is 0.0123. The van der Waals surface area contributed by atoms with Crippen LogP contribution >= 0.6 is 0 Å². The highest BCUT2D eigenvalue weighted by atomic mass is 16.5. The summed E-state index contributed by atoms with van der Waals surface area (Å²) < 4.78 is 7.81. The number of fused-ring (bicyclic) bond motifs is 1. The lowest BCUT2D eigenvalue weighted by Crippen LogP contribution is -2.49. The second-order valence-electron chi connectivity index (χ2n) is 6.87. The number of anilines is 1. The summed E-state index contributed by atoms with van der Waals surface area (Å²) in [7, 11) is 1.99. The molecule has 1 saturated heterocycles. The third-order valence-corrected chi connectivity index (χ3v) is 5.08. The Bertz CT molecular complexity index is 774. The number of nitrogens with one attached hydrogen (secondary N) is 1. The Balaban J connectivity index is 1.47. The van der Waals surface area contributed by atoms with Crippen LogP contribution in [0.25, 0.3) is 0 Å². The number of carbonyl (C=O) groups is 1. The molecule has 2 aliphatic heterocycles. The highest BCUT2D eigenvalue weighted by Crippen LogP contribution is 2.30. The van der Waals surface area contributed by atoms with E-state index in [9.17, 15) is 4.79 Å². The zero-order chi connectivity index (χ0) is 17.6. The van der Waals surface area contributed by atoms with Crippen molar-refractivity contribution in [2.45, 2.75) is 32.5 Å². The maximum Gasteiger partial charge on any atom is 0.274 e. The van der Waals surface area contributed by atoms with Gasteiger partial charge in [0, 0.05) is 57.6 Å². The zero-order valence-corrected chi connectivity index (χ0v) is 14.9. The molecule has 0 aliphatic carbocycles. The molecule has 0 spiro atoms. The summed E-state index contributed by atoms with van der Waals surface area (Å²) >= 11 is 0. The molecule has 0 unspecified atom stereocenters. The van der Waals surface area contributed by atoms with Crippen LogP contribution in [-0.4, -0.2) is 62.8 Å². The highest BCUT2D eigenvalue weighted by molar-refractivity contribution is 5.94. The van der Waals surface area contributed by atoms with Crippen LogP contribution in [0.2, 0.25) is 0 Å². The van der Waals surface area contributed by atoms with E-state index in [0.717, 1.165) is 36.7 Å². The van der Waals surface area contributed by atoms with Crippen molar-refractivity contribution in [3.05, 3.63) is 29.3 Å².